The van der Waals surface area contributed by atoms with Crippen LogP contribution in [0.4, 0.5) is 11.4 Å². The topological polar surface area (TPSA) is 84.5 Å². The Morgan fingerprint density at radius 1 is 1.00 bits per heavy atom. The van der Waals surface area contributed by atoms with E-state index in [1.807, 2.05) is 6.92 Å². The average Bonchev–Trinajstić information content (AvgIpc) is 2.72. The van der Waals surface area contributed by atoms with Gasteiger partial charge in [0.15, 0.2) is 0 Å². The lowest BCUT2D eigenvalue weighted by atomic mass is 10.2. The van der Waals surface area contributed by atoms with Crippen molar-refractivity contribution >= 4 is 50.5 Å². The number of carbonyl (C=O) groups excluding carboxylic acids is 1. The highest BCUT2D eigenvalue weighted by molar-refractivity contribution is 7.92. The molecular weight excluding hydrogens is 459 g/mol. The van der Waals surface area contributed by atoms with Gasteiger partial charge in [0.05, 0.1) is 22.9 Å². The largest absolute Gasteiger partial charge is 0.492 e. The van der Waals surface area contributed by atoms with E-state index in [1.165, 1.54) is 24.3 Å². The maximum atomic E-state index is 12.9. The fourth-order valence-corrected chi connectivity index (χ4v) is 4.10. The molecule has 9 heteroatoms. The van der Waals surface area contributed by atoms with E-state index in [1.54, 1.807) is 43.3 Å². The Morgan fingerprint density at radius 3 is 2.35 bits per heavy atom. The van der Waals surface area contributed by atoms with Gasteiger partial charge in [-0.15, -0.1) is 0 Å². The molecule has 31 heavy (non-hydrogen) atoms. The number of aryl methyl sites for hydroxylation is 1. The number of nitrogens with one attached hydrogen (secondary N) is 2. The zero-order valence-corrected chi connectivity index (χ0v) is 19.1. The summed E-state index contributed by atoms with van der Waals surface area (Å²) in [7, 11) is -3.94. The van der Waals surface area contributed by atoms with Crippen LogP contribution >= 0.6 is 23.2 Å². The molecule has 6 nitrogen and oxygen atoms in total. The van der Waals surface area contributed by atoms with E-state index in [9.17, 15) is 13.2 Å². The van der Waals surface area contributed by atoms with Crippen molar-refractivity contribution in [2.24, 2.45) is 0 Å². The van der Waals surface area contributed by atoms with Crippen molar-refractivity contribution in [3.05, 3.63) is 81.8 Å². The Balaban J connectivity index is 1.91. The van der Waals surface area contributed by atoms with Crippen LogP contribution in [0.25, 0.3) is 0 Å². The van der Waals surface area contributed by atoms with Crippen LogP contribution in [-0.4, -0.2) is 20.9 Å². The normalized spacial score (nSPS) is 11.1. The highest BCUT2D eigenvalue weighted by Crippen LogP contribution is 2.30. The molecule has 162 valence electrons. The quantitative estimate of drug-likeness (QED) is 0.452. The standard InChI is InChI=1S/C22H20Cl2N2O4S/c1-3-30-21-11-10-18(31(28,29)26-17-9-4-14(2)19(24)12-17)13-20(21)25-22(27)15-5-7-16(23)8-6-15/h4-13,26H,3H2,1-2H3,(H,25,27). The molecule has 0 saturated heterocycles. The molecule has 1 amide bonds. The minimum atomic E-state index is -3.94. The summed E-state index contributed by atoms with van der Waals surface area (Å²) >= 11 is 12.0. The molecule has 0 atom stereocenters. The van der Waals surface area contributed by atoms with Gasteiger partial charge < -0.3 is 10.1 Å². The summed E-state index contributed by atoms with van der Waals surface area (Å²) in [6.07, 6.45) is 0. The monoisotopic (exact) mass is 478 g/mol. The molecule has 0 aliphatic heterocycles. The Bertz CT molecular complexity index is 1210. The van der Waals surface area contributed by atoms with E-state index in [2.05, 4.69) is 10.0 Å². The number of amides is 1. The predicted molar refractivity (Wildman–Crippen MR) is 124 cm³/mol. The SMILES string of the molecule is CCOc1ccc(S(=O)(=O)Nc2ccc(C)c(Cl)c2)cc1NC(=O)c1ccc(Cl)cc1. The molecule has 0 heterocycles. The van der Waals surface area contributed by atoms with Crippen LogP contribution in [0, 0.1) is 6.92 Å². The smallest absolute Gasteiger partial charge is 0.261 e. The van der Waals surface area contributed by atoms with Crippen LogP contribution in [0.2, 0.25) is 10.0 Å². The van der Waals surface area contributed by atoms with Gasteiger partial charge in [0.25, 0.3) is 15.9 Å². The molecule has 0 fully saturated rings. The maximum absolute atomic E-state index is 12.9. The van der Waals surface area contributed by atoms with E-state index in [-0.39, 0.29) is 10.6 Å². The molecule has 3 rings (SSSR count). The minimum Gasteiger partial charge on any atom is -0.492 e. The number of rotatable bonds is 7. The van der Waals surface area contributed by atoms with Crippen molar-refractivity contribution in [3.63, 3.8) is 0 Å². The first-order valence-corrected chi connectivity index (χ1v) is 11.6. The number of anilines is 2. The fourth-order valence-electron chi connectivity index (χ4n) is 2.72. The Hall–Kier alpha value is -2.74. The van der Waals surface area contributed by atoms with Crippen LogP contribution in [-0.2, 0) is 10.0 Å². The fraction of sp³-hybridized carbons (Fsp3) is 0.136. The second-order valence-corrected chi connectivity index (χ2v) is 9.15. The van der Waals surface area contributed by atoms with Gasteiger partial charge in [0.2, 0.25) is 0 Å². The van der Waals surface area contributed by atoms with Crippen LogP contribution in [0.1, 0.15) is 22.8 Å². The molecular formula is C22H20Cl2N2O4S. The van der Waals surface area contributed by atoms with E-state index in [4.69, 9.17) is 27.9 Å². The van der Waals surface area contributed by atoms with Gasteiger partial charge in [0, 0.05) is 15.6 Å². The van der Waals surface area contributed by atoms with Gasteiger partial charge in [-0.05, 0) is 74.0 Å². The minimum absolute atomic E-state index is 0.0425. The van der Waals surface area contributed by atoms with Crippen molar-refractivity contribution in [3.8, 4) is 5.75 Å². The Morgan fingerprint density at radius 2 is 1.71 bits per heavy atom. The summed E-state index contributed by atoms with van der Waals surface area (Å²) in [4.78, 5) is 12.6. The highest BCUT2D eigenvalue weighted by Gasteiger charge is 2.19. The van der Waals surface area contributed by atoms with Gasteiger partial charge in [0.1, 0.15) is 5.75 Å². The lowest BCUT2D eigenvalue weighted by Crippen LogP contribution is -2.16. The zero-order chi connectivity index (χ0) is 22.6. The van der Waals surface area contributed by atoms with Gasteiger partial charge >= 0.3 is 0 Å². The molecule has 3 aromatic rings. The Kier molecular flexibility index (Phi) is 7.10. The number of carbonyl (C=O) groups is 1. The van der Waals surface area contributed by atoms with Crippen LogP contribution in [0.3, 0.4) is 0 Å². The number of sulfonamides is 1. The molecule has 3 aromatic carbocycles. The van der Waals surface area contributed by atoms with Gasteiger partial charge in [-0.2, -0.15) is 0 Å². The first-order chi connectivity index (χ1) is 14.7. The molecule has 0 spiro atoms. The third-order valence-corrected chi connectivity index (χ3v) is 6.38. The zero-order valence-electron chi connectivity index (χ0n) is 16.8. The van der Waals surface area contributed by atoms with E-state index >= 15 is 0 Å². The van der Waals surface area contributed by atoms with E-state index < -0.39 is 15.9 Å². The van der Waals surface area contributed by atoms with Gasteiger partial charge in [-0.1, -0.05) is 29.3 Å². The summed E-state index contributed by atoms with van der Waals surface area (Å²) in [5.41, 5.74) is 1.76. The molecule has 0 aromatic heterocycles. The number of hydrogen-bond donors (Lipinski definition) is 2. The third kappa shape index (κ3) is 5.70. The van der Waals surface area contributed by atoms with Gasteiger partial charge in [-0.3, -0.25) is 9.52 Å². The molecule has 0 saturated carbocycles. The Labute approximate surface area is 191 Å². The first kappa shape index (κ1) is 22.9. The molecule has 0 unspecified atom stereocenters. The predicted octanol–water partition coefficient (Wildman–Crippen LogP) is 5.75. The second kappa shape index (κ2) is 9.60. The number of ether oxygens (including phenoxy) is 1. The lowest BCUT2D eigenvalue weighted by Gasteiger charge is -2.15. The van der Waals surface area contributed by atoms with Crippen molar-refractivity contribution < 1.29 is 17.9 Å². The molecule has 0 radical (unpaired) electrons. The van der Waals surface area contributed by atoms with Crippen molar-refractivity contribution in [2.45, 2.75) is 18.7 Å². The van der Waals surface area contributed by atoms with Crippen molar-refractivity contribution in [1.29, 1.82) is 0 Å². The first-order valence-electron chi connectivity index (χ1n) is 9.32. The number of halogens is 2. The molecule has 2 N–H and O–H groups in total. The van der Waals surface area contributed by atoms with Gasteiger partial charge in [-0.25, -0.2) is 8.42 Å². The second-order valence-electron chi connectivity index (χ2n) is 6.62. The summed E-state index contributed by atoms with van der Waals surface area (Å²) in [5.74, 6) is -0.0763. The van der Waals surface area contributed by atoms with Crippen LogP contribution in [0.15, 0.2) is 65.6 Å². The van der Waals surface area contributed by atoms with E-state index in [0.717, 1.165) is 5.56 Å². The number of hydrogen-bond acceptors (Lipinski definition) is 4. The third-order valence-electron chi connectivity index (χ3n) is 4.34. The maximum Gasteiger partial charge on any atom is 0.261 e. The van der Waals surface area contributed by atoms with E-state index in [0.29, 0.717) is 33.7 Å². The molecule has 0 aliphatic rings. The van der Waals surface area contributed by atoms with Crippen LogP contribution < -0.4 is 14.8 Å². The average molecular weight is 479 g/mol. The molecule has 0 bridgehead atoms. The summed E-state index contributed by atoms with van der Waals surface area (Å²) in [5, 5.41) is 3.65. The van der Waals surface area contributed by atoms with Crippen molar-refractivity contribution in [2.75, 3.05) is 16.6 Å². The molecule has 0 aliphatic carbocycles. The number of benzene rings is 3. The summed E-state index contributed by atoms with van der Waals surface area (Å²) < 4.78 is 33.8. The lowest BCUT2D eigenvalue weighted by molar-refractivity contribution is 0.102. The highest BCUT2D eigenvalue weighted by atomic mass is 35.5. The van der Waals surface area contributed by atoms with Crippen molar-refractivity contribution in [1.82, 2.24) is 0 Å². The summed E-state index contributed by atoms with van der Waals surface area (Å²) in [6, 6.07) is 15.5. The van der Waals surface area contributed by atoms with Crippen LogP contribution in [0.5, 0.6) is 5.75 Å². The summed E-state index contributed by atoms with van der Waals surface area (Å²) in [6.45, 7) is 3.96.